The Labute approximate surface area is 104 Å². The lowest BCUT2D eigenvalue weighted by Crippen LogP contribution is -2.29. The summed E-state index contributed by atoms with van der Waals surface area (Å²) in [6, 6.07) is 3.02. The second kappa shape index (κ2) is 5.75. The Morgan fingerprint density at radius 3 is 2.53 bits per heavy atom. The maximum absolute atomic E-state index is 13.3. The average Bonchev–Trinajstić information content (AvgIpc) is 2.22. The third-order valence-corrected chi connectivity index (χ3v) is 4.43. The van der Waals surface area contributed by atoms with Crippen molar-refractivity contribution >= 4 is 21.6 Å². The Balaban J connectivity index is 2.85. The van der Waals surface area contributed by atoms with Crippen molar-refractivity contribution in [2.24, 2.45) is 0 Å². The first-order chi connectivity index (χ1) is 7.86. The van der Waals surface area contributed by atoms with Crippen LogP contribution in [0.3, 0.4) is 0 Å². The molecule has 0 saturated carbocycles. The molecule has 0 bridgehead atoms. The highest BCUT2D eigenvalue weighted by atomic mass is 35.5. The molecule has 0 N–H and O–H groups in total. The minimum atomic E-state index is -3.49. The first-order valence-electron chi connectivity index (χ1n) is 4.80. The Hall–Kier alpha value is -0.720. The number of hydrogen-bond acceptors (Lipinski definition) is 2. The minimum Gasteiger partial charge on any atom is -0.212 e. The van der Waals surface area contributed by atoms with Gasteiger partial charge in [-0.05, 0) is 6.07 Å². The molecule has 96 valence electrons. The van der Waals surface area contributed by atoms with Crippen LogP contribution in [0.15, 0.2) is 18.2 Å². The minimum absolute atomic E-state index is 0.0292. The summed E-state index contributed by atoms with van der Waals surface area (Å²) < 4.78 is 50.1. The lowest BCUT2D eigenvalue weighted by Gasteiger charge is -2.16. The van der Waals surface area contributed by atoms with Gasteiger partial charge in [0.2, 0.25) is 10.0 Å². The first kappa shape index (κ1) is 14.3. The van der Waals surface area contributed by atoms with Crippen molar-refractivity contribution in [2.45, 2.75) is 6.54 Å². The number of hydrogen-bond donors (Lipinski definition) is 0. The fourth-order valence-electron chi connectivity index (χ4n) is 1.24. The van der Waals surface area contributed by atoms with E-state index in [9.17, 15) is 17.2 Å². The van der Waals surface area contributed by atoms with Gasteiger partial charge in [-0.2, -0.15) is 0 Å². The van der Waals surface area contributed by atoms with Crippen LogP contribution in [0, 0.1) is 11.6 Å². The topological polar surface area (TPSA) is 37.4 Å². The molecule has 7 heteroatoms. The van der Waals surface area contributed by atoms with E-state index < -0.39 is 21.7 Å². The number of benzene rings is 1. The standard InChI is InChI=1S/C10H12ClF2NO2S/c1-14(17(15,16)5-4-11)7-8-2-3-9(12)6-10(8)13/h2-3,6H,4-5,7H2,1H3. The van der Waals surface area contributed by atoms with Crippen LogP contribution in [-0.2, 0) is 16.6 Å². The predicted octanol–water partition coefficient (Wildman–Crippen LogP) is 1.97. The summed E-state index contributed by atoms with van der Waals surface area (Å²) in [5.74, 6) is -1.71. The van der Waals surface area contributed by atoms with Gasteiger partial charge >= 0.3 is 0 Å². The third kappa shape index (κ3) is 3.90. The van der Waals surface area contributed by atoms with Gasteiger partial charge in [-0.1, -0.05) is 6.07 Å². The van der Waals surface area contributed by atoms with Gasteiger partial charge < -0.3 is 0 Å². The van der Waals surface area contributed by atoms with Crippen molar-refractivity contribution in [1.82, 2.24) is 4.31 Å². The predicted molar refractivity (Wildman–Crippen MR) is 62.3 cm³/mol. The van der Waals surface area contributed by atoms with Gasteiger partial charge in [0, 0.05) is 31.1 Å². The van der Waals surface area contributed by atoms with Gasteiger partial charge in [-0.25, -0.2) is 21.5 Å². The maximum Gasteiger partial charge on any atom is 0.215 e. The second-order valence-corrected chi connectivity index (χ2v) is 6.07. The Morgan fingerprint density at radius 1 is 1.35 bits per heavy atom. The monoisotopic (exact) mass is 283 g/mol. The quantitative estimate of drug-likeness (QED) is 0.775. The highest BCUT2D eigenvalue weighted by molar-refractivity contribution is 7.89. The largest absolute Gasteiger partial charge is 0.215 e. The van der Waals surface area contributed by atoms with Crippen molar-refractivity contribution in [1.29, 1.82) is 0 Å². The molecule has 0 unspecified atom stereocenters. The second-order valence-electron chi connectivity index (χ2n) is 3.50. The molecular weight excluding hydrogens is 272 g/mol. The molecule has 17 heavy (non-hydrogen) atoms. The van der Waals surface area contributed by atoms with E-state index in [1.807, 2.05) is 0 Å². The first-order valence-corrected chi connectivity index (χ1v) is 6.95. The molecule has 0 amide bonds. The molecule has 0 spiro atoms. The summed E-state index contributed by atoms with van der Waals surface area (Å²) in [7, 11) is -2.17. The van der Waals surface area contributed by atoms with Crippen LogP contribution in [0.25, 0.3) is 0 Å². The molecule has 1 rings (SSSR count). The number of sulfonamides is 1. The Morgan fingerprint density at radius 2 is 2.00 bits per heavy atom. The maximum atomic E-state index is 13.3. The smallest absolute Gasteiger partial charge is 0.212 e. The van der Waals surface area contributed by atoms with E-state index in [-0.39, 0.29) is 23.7 Å². The van der Waals surface area contributed by atoms with E-state index in [0.29, 0.717) is 0 Å². The summed E-state index contributed by atoms with van der Waals surface area (Å²) >= 11 is 5.36. The molecule has 0 aromatic heterocycles. The zero-order chi connectivity index (χ0) is 13.1. The van der Waals surface area contributed by atoms with Gasteiger partial charge in [0.25, 0.3) is 0 Å². The molecule has 0 fully saturated rings. The van der Waals surface area contributed by atoms with Crippen molar-refractivity contribution in [3.63, 3.8) is 0 Å². The molecule has 0 aliphatic carbocycles. The fourth-order valence-corrected chi connectivity index (χ4v) is 2.67. The highest BCUT2D eigenvalue weighted by Crippen LogP contribution is 2.13. The van der Waals surface area contributed by atoms with Crippen LogP contribution in [0.2, 0.25) is 0 Å². The van der Waals surface area contributed by atoms with Crippen LogP contribution in [0.1, 0.15) is 5.56 Å². The number of rotatable bonds is 5. The number of nitrogens with zero attached hydrogens (tertiary/aromatic N) is 1. The van der Waals surface area contributed by atoms with E-state index in [4.69, 9.17) is 11.6 Å². The van der Waals surface area contributed by atoms with Crippen molar-refractivity contribution in [3.8, 4) is 0 Å². The third-order valence-electron chi connectivity index (χ3n) is 2.22. The van der Waals surface area contributed by atoms with Gasteiger partial charge in [0.1, 0.15) is 11.6 Å². The summed E-state index contributed by atoms with van der Waals surface area (Å²) in [6.45, 7) is -0.147. The summed E-state index contributed by atoms with van der Waals surface area (Å²) in [5, 5.41) is 0. The van der Waals surface area contributed by atoms with Crippen LogP contribution >= 0.6 is 11.6 Å². The van der Waals surface area contributed by atoms with E-state index in [1.54, 1.807) is 0 Å². The SMILES string of the molecule is CN(Cc1ccc(F)cc1F)S(=O)(=O)CCCl. The summed E-state index contributed by atoms with van der Waals surface area (Å²) in [4.78, 5) is 0. The molecule has 0 radical (unpaired) electrons. The number of halogens is 3. The molecular formula is C10H12ClF2NO2S. The molecule has 0 aliphatic rings. The lowest BCUT2D eigenvalue weighted by molar-refractivity contribution is 0.456. The molecule has 0 heterocycles. The molecule has 0 aliphatic heterocycles. The normalized spacial score (nSPS) is 12.1. The van der Waals surface area contributed by atoms with E-state index in [0.717, 1.165) is 16.4 Å². The average molecular weight is 284 g/mol. The van der Waals surface area contributed by atoms with E-state index in [2.05, 4.69) is 0 Å². The lowest BCUT2D eigenvalue weighted by atomic mass is 10.2. The van der Waals surface area contributed by atoms with Crippen molar-refractivity contribution in [2.75, 3.05) is 18.7 Å². The van der Waals surface area contributed by atoms with Gasteiger partial charge in [0.15, 0.2) is 0 Å². The van der Waals surface area contributed by atoms with Crippen LogP contribution in [0.5, 0.6) is 0 Å². The van der Waals surface area contributed by atoms with Gasteiger partial charge in [0.05, 0.1) is 5.75 Å². The molecule has 3 nitrogen and oxygen atoms in total. The van der Waals surface area contributed by atoms with Gasteiger partial charge in [-0.15, -0.1) is 11.6 Å². The highest BCUT2D eigenvalue weighted by Gasteiger charge is 2.18. The van der Waals surface area contributed by atoms with Crippen LogP contribution in [-0.4, -0.2) is 31.4 Å². The van der Waals surface area contributed by atoms with Crippen molar-refractivity contribution in [3.05, 3.63) is 35.4 Å². The zero-order valence-electron chi connectivity index (χ0n) is 9.16. The van der Waals surface area contributed by atoms with Crippen LogP contribution < -0.4 is 0 Å². The van der Waals surface area contributed by atoms with Crippen molar-refractivity contribution < 1.29 is 17.2 Å². The van der Waals surface area contributed by atoms with Gasteiger partial charge in [-0.3, -0.25) is 0 Å². The zero-order valence-corrected chi connectivity index (χ0v) is 10.7. The van der Waals surface area contributed by atoms with Crippen LogP contribution in [0.4, 0.5) is 8.78 Å². The Bertz CT molecular complexity index is 493. The molecule has 1 aromatic carbocycles. The Kier molecular flexibility index (Phi) is 4.85. The molecule has 1 aromatic rings. The molecule has 0 atom stereocenters. The summed E-state index contributed by atoms with van der Waals surface area (Å²) in [5.41, 5.74) is 0.118. The van der Waals surface area contributed by atoms with E-state index >= 15 is 0 Å². The fraction of sp³-hybridized carbons (Fsp3) is 0.400. The van der Waals surface area contributed by atoms with E-state index in [1.165, 1.54) is 13.1 Å². The molecule has 0 saturated heterocycles. The summed E-state index contributed by atoms with van der Waals surface area (Å²) in [6.07, 6.45) is 0. The number of alkyl halides is 1.